The van der Waals surface area contributed by atoms with E-state index in [1.165, 1.54) is 23.6 Å². The van der Waals surface area contributed by atoms with Gasteiger partial charge in [0.05, 0.1) is 0 Å². The average molecular weight is 213 g/mol. The van der Waals surface area contributed by atoms with E-state index in [-0.39, 0.29) is 0 Å². The van der Waals surface area contributed by atoms with Crippen LogP contribution >= 0.6 is 0 Å². The molecule has 2 aromatic carbocycles. The second-order valence-corrected chi connectivity index (χ2v) is 3.90. The van der Waals surface area contributed by atoms with Crippen LogP contribution in [0.4, 0.5) is 0 Å². The lowest BCUT2D eigenvalue weighted by molar-refractivity contribution is 0.390. The zero-order chi connectivity index (χ0) is 11.2. The highest BCUT2D eigenvalue weighted by Gasteiger charge is 2.00. The third kappa shape index (κ3) is 2.54. The molecule has 0 aromatic heterocycles. The van der Waals surface area contributed by atoms with Crippen LogP contribution in [-0.2, 0) is 0 Å². The SMILES string of the molecule is CCCC[CH]Oc1cccc2ccccc12. The predicted molar refractivity (Wildman–Crippen MR) is 68.4 cm³/mol. The molecule has 0 amide bonds. The maximum Gasteiger partial charge on any atom is 0.135 e. The van der Waals surface area contributed by atoms with E-state index < -0.39 is 0 Å². The first-order valence-corrected chi connectivity index (χ1v) is 5.88. The molecule has 0 atom stereocenters. The maximum absolute atomic E-state index is 5.70. The molecule has 16 heavy (non-hydrogen) atoms. The van der Waals surface area contributed by atoms with Crippen LogP contribution in [0.5, 0.6) is 5.75 Å². The molecular formula is C15H17O. The quantitative estimate of drug-likeness (QED) is 0.661. The number of hydrogen-bond donors (Lipinski definition) is 0. The molecular weight excluding hydrogens is 196 g/mol. The van der Waals surface area contributed by atoms with E-state index in [1.807, 2.05) is 30.9 Å². The standard InChI is InChI=1S/C15H17O/c1-2-3-6-12-16-15-11-7-9-13-8-4-5-10-14(13)15/h4-5,7-12H,2-3,6H2,1H3. The molecule has 2 aromatic rings. The Kier molecular flexibility index (Phi) is 3.81. The molecule has 1 heteroatoms. The lowest BCUT2D eigenvalue weighted by atomic mass is 10.1. The minimum absolute atomic E-state index is 0.953. The van der Waals surface area contributed by atoms with Gasteiger partial charge in [0.1, 0.15) is 12.4 Å². The van der Waals surface area contributed by atoms with E-state index in [9.17, 15) is 0 Å². The van der Waals surface area contributed by atoms with Crippen LogP contribution in [-0.4, -0.2) is 0 Å². The molecule has 0 spiro atoms. The number of ether oxygens (including phenoxy) is 1. The smallest absolute Gasteiger partial charge is 0.135 e. The number of hydrogen-bond acceptors (Lipinski definition) is 1. The Labute approximate surface area is 97.1 Å². The van der Waals surface area contributed by atoms with Crippen LogP contribution in [0.15, 0.2) is 42.5 Å². The highest BCUT2D eigenvalue weighted by atomic mass is 16.5. The Morgan fingerprint density at radius 1 is 1.06 bits per heavy atom. The van der Waals surface area contributed by atoms with Crippen molar-refractivity contribution >= 4 is 10.8 Å². The monoisotopic (exact) mass is 213 g/mol. The zero-order valence-electron chi connectivity index (χ0n) is 9.65. The molecule has 0 saturated carbocycles. The average Bonchev–Trinajstić information content (AvgIpc) is 2.35. The number of unbranched alkanes of at least 4 members (excludes halogenated alkanes) is 2. The molecule has 0 fully saturated rings. The highest BCUT2D eigenvalue weighted by molar-refractivity contribution is 5.88. The van der Waals surface area contributed by atoms with Gasteiger partial charge in [-0.1, -0.05) is 49.7 Å². The Bertz CT molecular complexity index is 443. The van der Waals surface area contributed by atoms with Crippen molar-refractivity contribution in [3.63, 3.8) is 0 Å². The molecule has 0 bridgehead atoms. The lowest BCUT2D eigenvalue weighted by Gasteiger charge is -2.07. The molecule has 0 saturated heterocycles. The van der Waals surface area contributed by atoms with Crippen molar-refractivity contribution in [2.24, 2.45) is 0 Å². The van der Waals surface area contributed by atoms with Crippen molar-refractivity contribution < 1.29 is 4.74 Å². The first-order chi connectivity index (χ1) is 7.92. The van der Waals surface area contributed by atoms with Crippen molar-refractivity contribution in [3.05, 3.63) is 49.1 Å². The van der Waals surface area contributed by atoms with Gasteiger partial charge >= 0.3 is 0 Å². The zero-order valence-corrected chi connectivity index (χ0v) is 9.65. The Balaban J connectivity index is 2.11. The molecule has 0 aliphatic carbocycles. The Morgan fingerprint density at radius 3 is 2.75 bits per heavy atom. The summed E-state index contributed by atoms with van der Waals surface area (Å²) < 4.78 is 5.70. The first kappa shape index (κ1) is 11.0. The van der Waals surface area contributed by atoms with E-state index in [2.05, 4.69) is 25.1 Å². The maximum atomic E-state index is 5.70. The predicted octanol–water partition coefficient (Wildman–Crippen LogP) is 4.57. The number of fused-ring (bicyclic) bond motifs is 1. The third-order valence-electron chi connectivity index (χ3n) is 2.64. The fourth-order valence-corrected chi connectivity index (χ4v) is 1.73. The normalized spacial score (nSPS) is 10.6. The van der Waals surface area contributed by atoms with Gasteiger partial charge in [0.25, 0.3) is 0 Å². The van der Waals surface area contributed by atoms with Gasteiger partial charge in [0.15, 0.2) is 0 Å². The summed E-state index contributed by atoms with van der Waals surface area (Å²) in [6.07, 6.45) is 3.40. The van der Waals surface area contributed by atoms with Gasteiger partial charge in [0.2, 0.25) is 0 Å². The van der Waals surface area contributed by atoms with Crippen molar-refractivity contribution in [1.29, 1.82) is 0 Å². The summed E-state index contributed by atoms with van der Waals surface area (Å²) in [6, 6.07) is 14.4. The molecule has 0 N–H and O–H groups in total. The van der Waals surface area contributed by atoms with E-state index in [0.29, 0.717) is 0 Å². The van der Waals surface area contributed by atoms with Crippen LogP contribution in [0.2, 0.25) is 0 Å². The molecule has 1 radical (unpaired) electrons. The minimum atomic E-state index is 0.953. The summed E-state index contributed by atoms with van der Waals surface area (Å²) in [4.78, 5) is 0. The van der Waals surface area contributed by atoms with Crippen LogP contribution in [0.1, 0.15) is 26.2 Å². The van der Waals surface area contributed by atoms with Crippen LogP contribution in [0.25, 0.3) is 10.8 Å². The summed E-state index contributed by atoms with van der Waals surface area (Å²) >= 11 is 0. The number of rotatable bonds is 5. The van der Waals surface area contributed by atoms with Crippen molar-refractivity contribution in [2.45, 2.75) is 26.2 Å². The fourth-order valence-electron chi connectivity index (χ4n) is 1.73. The van der Waals surface area contributed by atoms with Gasteiger partial charge in [-0.25, -0.2) is 0 Å². The Hall–Kier alpha value is -1.50. The van der Waals surface area contributed by atoms with E-state index in [1.54, 1.807) is 0 Å². The number of benzene rings is 2. The molecule has 0 unspecified atom stereocenters. The van der Waals surface area contributed by atoms with E-state index in [0.717, 1.165) is 12.2 Å². The summed E-state index contributed by atoms with van der Waals surface area (Å²) in [5.74, 6) is 0.953. The fraction of sp³-hybridized carbons (Fsp3) is 0.267. The summed E-state index contributed by atoms with van der Waals surface area (Å²) in [7, 11) is 0. The topological polar surface area (TPSA) is 9.23 Å². The van der Waals surface area contributed by atoms with Gasteiger partial charge in [-0.05, 0) is 24.3 Å². The molecule has 0 heterocycles. The van der Waals surface area contributed by atoms with E-state index >= 15 is 0 Å². The molecule has 0 aliphatic rings. The Morgan fingerprint density at radius 2 is 1.88 bits per heavy atom. The molecule has 2 rings (SSSR count). The second kappa shape index (κ2) is 5.55. The van der Waals surface area contributed by atoms with Gasteiger partial charge in [-0.3, -0.25) is 0 Å². The summed E-state index contributed by atoms with van der Waals surface area (Å²) in [5.41, 5.74) is 0. The largest absolute Gasteiger partial charge is 0.486 e. The van der Waals surface area contributed by atoms with Crippen molar-refractivity contribution in [3.8, 4) is 5.75 Å². The van der Waals surface area contributed by atoms with Gasteiger partial charge in [0, 0.05) is 5.39 Å². The first-order valence-electron chi connectivity index (χ1n) is 5.88. The van der Waals surface area contributed by atoms with Crippen LogP contribution in [0, 0.1) is 6.61 Å². The van der Waals surface area contributed by atoms with Crippen LogP contribution in [0.3, 0.4) is 0 Å². The minimum Gasteiger partial charge on any atom is -0.486 e. The molecule has 0 aliphatic heterocycles. The van der Waals surface area contributed by atoms with Crippen molar-refractivity contribution in [2.75, 3.05) is 0 Å². The van der Waals surface area contributed by atoms with Gasteiger partial charge in [-0.2, -0.15) is 0 Å². The van der Waals surface area contributed by atoms with Crippen LogP contribution < -0.4 is 4.74 Å². The van der Waals surface area contributed by atoms with E-state index in [4.69, 9.17) is 4.74 Å². The van der Waals surface area contributed by atoms with Gasteiger partial charge < -0.3 is 4.74 Å². The second-order valence-electron chi connectivity index (χ2n) is 3.90. The van der Waals surface area contributed by atoms with Crippen molar-refractivity contribution in [1.82, 2.24) is 0 Å². The molecule has 83 valence electrons. The third-order valence-corrected chi connectivity index (χ3v) is 2.64. The summed E-state index contributed by atoms with van der Waals surface area (Å²) in [6.45, 7) is 4.09. The lowest BCUT2D eigenvalue weighted by Crippen LogP contribution is -1.90. The van der Waals surface area contributed by atoms with Gasteiger partial charge in [-0.15, -0.1) is 0 Å². The summed E-state index contributed by atoms with van der Waals surface area (Å²) in [5, 5.41) is 2.40. The molecule has 1 nitrogen and oxygen atoms in total. The highest BCUT2D eigenvalue weighted by Crippen LogP contribution is 2.25.